The molecule has 0 aliphatic heterocycles. The van der Waals surface area contributed by atoms with Crippen molar-refractivity contribution in [3.05, 3.63) is 28.2 Å². The highest BCUT2D eigenvalue weighted by Gasteiger charge is 2.09. The molecule has 0 amide bonds. The van der Waals surface area contributed by atoms with Gasteiger partial charge in [0.15, 0.2) is 0 Å². The van der Waals surface area contributed by atoms with Crippen LogP contribution in [0.4, 0.5) is 0 Å². The second-order valence-corrected chi connectivity index (χ2v) is 5.18. The number of benzene rings is 1. The van der Waals surface area contributed by atoms with Crippen LogP contribution in [0.15, 0.2) is 22.7 Å². The monoisotopic (exact) mass is 300 g/mol. The van der Waals surface area contributed by atoms with Crippen molar-refractivity contribution < 1.29 is 9.84 Å². The Labute approximate surface area is 112 Å². The summed E-state index contributed by atoms with van der Waals surface area (Å²) in [6, 6.07) is 5.76. The highest BCUT2D eigenvalue weighted by Crippen LogP contribution is 2.28. The summed E-state index contributed by atoms with van der Waals surface area (Å²) in [5, 5.41) is 9.67. The topological polar surface area (TPSA) is 29.5 Å². The molecule has 17 heavy (non-hydrogen) atoms. The zero-order valence-electron chi connectivity index (χ0n) is 10.6. The SMILES string of the molecule is CCCCCCOc1ccc(Br)cc1C(C)O. The first-order valence-corrected chi connectivity index (χ1v) is 7.04. The molecule has 3 heteroatoms. The van der Waals surface area contributed by atoms with Crippen LogP contribution in [-0.4, -0.2) is 11.7 Å². The molecule has 0 saturated carbocycles. The third-order valence-electron chi connectivity index (χ3n) is 2.68. The van der Waals surface area contributed by atoms with Crippen LogP contribution in [0.25, 0.3) is 0 Å². The Kier molecular flexibility index (Phi) is 6.60. The molecule has 1 atom stereocenters. The second kappa shape index (κ2) is 7.72. The van der Waals surface area contributed by atoms with E-state index in [0.29, 0.717) is 0 Å². The molecule has 1 N–H and O–H groups in total. The van der Waals surface area contributed by atoms with E-state index in [0.717, 1.165) is 28.8 Å². The summed E-state index contributed by atoms with van der Waals surface area (Å²) >= 11 is 3.40. The van der Waals surface area contributed by atoms with Crippen LogP contribution in [0.1, 0.15) is 51.2 Å². The molecule has 0 bridgehead atoms. The number of ether oxygens (including phenoxy) is 1. The van der Waals surface area contributed by atoms with Gasteiger partial charge in [0, 0.05) is 10.0 Å². The minimum absolute atomic E-state index is 0.502. The molecular formula is C14H21BrO2. The van der Waals surface area contributed by atoms with E-state index in [4.69, 9.17) is 4.74 Å². The van der Waals surface area contributed by atoms with Crippen molar-refractivity contribution in [1.29, 1.82) is 0 Å². The summed E-state index contributed by atoms with van der Waals surface area (Å²) in [6.45, 7) is 4.67. The number of hydrogen-bond donors (Lipinski definition) is 1. The molecule has 96 valence electrons. The Hall–Kier alpha value is -0.540. The van der Waals surface area contributed by atoms with Crippen LogP contribution in [0.3, 0.4) is 0 Å². The third kappa shape index (κ3) is 5.09. The highest BCUT2D eigenvalue weighted by molar-refractivity contribution is 9.10. The average molecular weight is 301 g/mol. The molecule has 0 saturated heterocycles. The summed E-state index contributed by atoms with van der Waals surface area (Å²) < 4.78 is 6.68. The van der Waals surface area contributed by atoms with Gasteiger partial charge in [0.1, 0.15) is 5.75 Å². The van der Waals surface area contributed by atoms with Gasteiger partial charge in [-0.15, -0.1) is 0 Å². The van der Waals surface area contributed by atoms with Gasteiger partial charge in [-0.3, -0.25) is 0 Å². The maximum atomic E-state index is 9.67. The molecule has 1 rings (SSSR count). The average Bonchev–Trinajstić information content (AvgIpc) is 2.30. The normalized spacial score (nSPS) is 12.5. The van der Waals surface area contributed by atoms with Gasteiger partial charge in [0.05, 0.1) is 12.7 Å². The molecular weight excluding hydrogens is 280 g/mol. The molecule has 0 heterocycles. The predicted molar refractivity (Wildman–Crippen MR) is 74.4 cm³/mol. The van der Waals surface area contributed by atoms with Crippen molar-refractivity contribution in [1.82, 2.24) is 0 Å². The Bertz CT molecular complexity index is 337. The lowest BCUT2D eigenvalue weighted by Crippen LogP contribution is -2.02. The van der Waals surface area contributed by atoms with E-state index in [2.05, 4.69) is 22.9 Å². The Morgan fingerprint density at radius 2 is 2.06 bits per heavy atom. The van der Waals surface area contributed by atoms with Crippen molar-refractivity contribution in [3.8, 4) is 5.75 Å². The van der Waals surface area contributed by atoms with E-state index in [1.54, 1.807) is 6.92 Å². The van der Waals surface area contributed by atoms with Crippen LogP contribution >= 0.6 is 15.9 Å². The molecule has 0 spiro atoms. The van der Waals surface area contributed by atoms with Gasteiger partial charge < -0.3 is 9.84 Å². The first-order chi connectivity index (χ1) is 8.15. The molecule has 0 aromatic heterocycles. The van der Waals surface area contributed by atoms with Gasteiger partial charge in [-0.05, 0) is 31.5 Å². The van der Waals surface area contributed by atoms with Gasteiger partial charge >= 0.3 is 0 Å². The summed E-state index contributed by atoms with van der Waals surface area (Å²) in [6.07, 6.45) is 4.27. The Morgan fingerprint density at radius 1 is 1.29 bits per heavy atom. The minimum atomic E-state index is -0.502. The second-order valence-electron chi connectivity index (χ2n) is 4.27. The van der Waals surface area contributed by atoms with Crippen molar-refractivity contribution in [3.63, 3.8) is 0 Å². The quantitative estimate of drug-likeness (QED) is 0.753. The Balaban J connectivity index is 2.52. The first kappa shape index (κ1) is 14.5. The molecule has 1 aromatic rings. The van der Waals surface area contributed by atoms with E-state index in [9.17, 15) is 5.11 Å². The number of hydrogen-bond acceptors (Lipinski definition) is 2. The maximum absolute atomic E-state index is 9.67. The molecule has 1 unspecified atom stereocenters. The van der Waals surface area contributed by atoms with E-state index >= 15 is 0 Å². The highest BCUT2D eigenvalue weighted by atomic mass is 79.9. The van der Waals surface area contributed by atoms with E-state index in [-0.39, 0.29) is 0 Å². The lowest BCUT2D eigenvalue weighted by atomic mass is 10.1. The maximum Gasteiger partial charge on any atom is 0.125 e. The van der Waals surface area contributed by atoms with Crippen LogP contribution in [0, 0.1) is 0 Å². The van der Waals surface area contributed by atoms with Crippen molar-refractivity contribution in [2.24, 2.45) is 0 Å². The first-order valence-electron chi connectivity index (χ1n) is 6.25. The predicted octanol–water partition coefficient (Wildman–Crippen LogP) is 4.46. The van der Waals surface area contributed by atoms with Crippen LogP contribution in [0.2, 0.25) is 0 Å². The van der Waals surface area contributed by atoms with Gasteiger partial charge in [-0.1, -0.05) is 42.1 Å². The van der Waals surface area contributed by atoms with Gasteiger partial charge in [-0.2, -0.15) is 0 Å². The van der Waals surface area contributed by atoms with Crippen molar-refractivity contribution in [2.75, 3.05) is 6.61 Å². The van der Waals surface area contributed by atoms with Crippen molar-refractivity contribution in [2.45, 2.75) is 45.6 Å². The summed E-state index contributed by atoms with van der Waals surface area (Å²) in [5.41, 5.74) is 0.842. The number of halogens is 1. The molecule has 0 radical (unpaired) electrons. The fourth-order valence-corrected chi connectivity index (χ4v) is 2.07. The number of aliphatic hydroxyl groups is 1. The molecule has 2 nitrogen and oxygen atoms in total. The van der Waals surface area contributed by atoms with E-state index in [1.807, 2.05) is 18.2 Å². The third-order valence-corrected chi connectivity index (χ3v) is 3.17. The summed E-state index contributed by atoms with van der Waals surface area (Å²) in [7, 11) is 0. The number of unbranched alkanes of at least 4 members (excludes halogenated alkanes) is 3. The zero-order valence-corrected chi connectivity index (χ0v) is 12.2. The molecule has 0 aliphatic carbocycles. The zero-order chi connectivity index (χ0) is 12.7. The fraction of sp³-hybridized carbons (Fsp3) is 0.571. The van der Waals surface area contributed by atoms with Gasteiger partial charge in [0.2, 0.25) is 0 Å². The summed E-state index contributed by atoms with van der Waals surface area (Å²) in [4.78, 5) is 0. The Morgan fingerprint density at radius 3 is 2.71 bits per heavy atom. The van der Waals surface area contributed by atoms with Gasteiger partial charge in [0.25, 0.3) is 0 Å². The standard InChI is InChI=1S/C14H21BrO2/c1-3-4-5-6-9-17-14-8-7-12(15)10-13(14)11(2)16/h7-8,10-11,16H,3-6,9H2,1-2H3. The van der Waals surface area contributed by atoms with Gasteiger partial charge in [-0.25, -0.2) is 0 Å². The van der Waals surface area contributed by atoms with Crippen molar-refractivity contribution >= 4 is 15.9 Å². The lowest BCUT2D eigenvalue weighted by Gasteiger charge is -2.13. The van der Waals surface area contributed by atoms with Crippen LogP contribution < -0.4 is 4.74 Å². The van der Waals surface area contributed by atoms with Crippen LogP contribution in [-0.2, 0) is 0 Å². The fourth-order valence-electron chi connectivity index (χ4n) is 1.69. The van der Waals surface area contributed by atoms with E-state index in [1.165, 1.54) is 19.3 Å². The molecule has 1 aromatic carbocycles. The number of rotatable bonds is 7. The minimum Gasteiger partial charge on any atom is -0.493 e. The largest absolute Gasteiger partial charge is 0.493 e. The van der Waals surface area contributed by atoms with Crippen LogP contribution in [0.5, 0.6) is 5.75 Å². The summed E-state index contributed by atoms with van der Waals surface area (Å²) in [5.74, 6) is 0.791. The van der Waals surface area contributed by atoms with E-state index < -0.39 is 6.10 Å². The lowest BCUT2D eigenvalue weighted by molar-refractivity contribution is 0.190. The molecule has 0 aliphatic rings. The number of aliphatic hydroxyl groups excluding tert-OH is 1. The molecule has 0 fully saturated rings. The smallest absolute Gasteiger partial charge is 0.125 e.